The molecule has 0 aliphatic heterocycles. The largest absolute Gasteiger partial charge is 0.270 e. The molecule has 0 saturated heterocycles. The summed E-state index contributed by atoms with van der Waals surface area (Å²) in [6.07, 6.45) is 1.72. The molecule has 1 heterocycles. The quantitative estimate of drug-likeness (QED) is 0.207. The van der Waals surface area contributed by atoms with Gasteiger partial charge in [0.05, 0.1) is 10.4 Å². The van der Waals surface area contributed by atoms with E-state index in [1.54, 1.807) is 12.3 Å². The fraction of sp³-hybridized carbons (Fsp3) is 0. The minimum absolute atomic E-state index is 0.0329. The molecule has 3 aromatic carbocycles. The monoisotopic (exact) mass is 383 g/mol. The number of nitro groups is 1. The van der Waals surface area contributed by atoms with E-state index in [-0.39, 0.29) is 5.69 Å². The van der Waals surface area contributed by atoms with Gasteiger partial charge in [-0.1, -0.05) is 42.2 Å². The number of rotatable bonds is 3. The first-order chi connectivity index (χ1) is 13.7. The summed E-state index contributed by atoms with van der Waals surface area (Å²) >= 11 is 1.22. The molecule has 0 N–H and O–H groups in total. The molecule has 0 saturated carbocycles. The van der Waals surface area contributed by atoms with Crippen molar-refractivity contribution in [2.75, 3.05) is 0 Å². The minimum Gasteiger partial charge on any atom is -0.258 e. The Balaban J connectivity index is 1.54. The second-order valence-corrected chi connectivity index (χ2v) is 6.69. The summed E-state index contributed by atoms with van der Waals surface area (Å²) in [6.45, 7) is 0. The van der Waals surface area contributed by atoms with Crippen molar-refractivity contribution in [2.24, 2.45) is 4.99 Å². The molecule has 28 heavy (non-hydrogen) atoms. The van der Waals surface area contributed by atoms with E-state index < -0.39 is 4.92 Å². The van der Waals surface area contributed by atoms with E-state index in [9.17, 15) is 10.1 Å². The number of hydrogen-bond acceptors (Lipinski definition) is 5. The van der Waals surface area contributed by atoms with Gasteiger partial charge in [0.1, 0.15) is 5.00 Å². The third kappa shape index (κ3) is 3.95. The zero-order valence-electron chi connectivity index (χ0n) is 14.6. The van der Waals surface area contributed by atoms with Crippen LogP contribution in [0.2, 0.25) is 0 Å². The summed E-state index contributed by atoms with van der Waals surface area (Å²) in [5.41, 5.74) is 3.54. The minimum atomic E-state index is -0.417. The highest BCUT2D eigenvalue weighted by atomic mass is 32.1. The van der Waals surface area contributed by atoms with Crippen LogP contribution < -0.4 is 0 Å². The third-order valence-electron chi connectivity index (χ3n) is 4.02. The first-order valence-electron chi connectivity index (χ1n) is 8.44. The van der Waals surface area contributed by atoms with E-state index in [0.29, 0.717) is 15.9 Å². The van der Waals surface area contributed by atoms with Crippen LogP contribution in [0, 0.1) is 22.0 Å². The van der Waals surface area contributed by atoms with Crippen LogP contribution in [0.4, 0.5) is 10.7 Å². The topological polar surface area (TPSA) is 68.4 Å². The van der Waals surface area contributed by atoms with Gasteiger partial charge >= 0.3 is 0 Å². The van der Waals surface area contributed by atoms with Gasteiger partial charge in [-0.3, -0.25) is 10.1 Å². The number of nitro benzene ring substituents is 1. The Bertz CT molecular complexity index is 1230. The zero-order valence-corrected chi connectivity index (χ0v) is 15.4. The highest BCUT2D eigenvalue weighted by Gasteiger charge is 2.11. The molecule has 5 nitrogen and oxygen atoms in total. The van der Waals surface area contributed by atoms with Crippen LogP contribution in [0.3, 0.4) is 0 Å². The normalized spacial score (nSPS) is 10.7. The molecule has 0 spiro atoms. The first kappa shape index (κ1) is 17.6. The molecule has 6 heteroatoms. The van der Waals surface area contributed by atoms with Crippen LogP contribution in [0.25, 0.3) is 10.9 Å². The number of aliphatic imine (C=N–C) groups is 1. The molecule has 1 aromatic heterocycles. The van der Waals surface area contributed by atoms with Crippen LogP contribution in [-0.2, 0) is 0 Å². The fourth-order valence-electron chi connectivity index (χ4n) is 2.57. The molecular formula is C22H13N3O2S. The molecule has 0 bridgehead atoms. The Morgan fingerprint density at radius 2 is 1.68 bits per heavy atom. The molecule has 0 amide bonds. The molecule has 0 fully saturated rings. The van der Waals surface area contributed by atoms with Gasteiger partial charge in [-0.05, 0) is 47.4 Å². The third-order valence-corrected chi connectivity index (χ3v) is 4.80. The SMILES string of the molecule is O=[N+]([O-])c1ccc2nsc(N=Cc3ccc(C#Cc4ccccc4)cc3)c2c1. The van der Waals surface area contributed by atoms with Crippen molar-refractivity contribution < 1.29 is 4.92 Å². The lowest BCUT2D eigenvalue weighted by Crippen LogP contribution is -1.86. The van der Waals surface area contributed by atoms with Crippen LogP contribution in [-0.4, -0.2) is 15.5 Å². The zero-order chi connectivity index (χ0) is 19.3. The van der Waals surface area contributed by atoms with Crippen molar-refractivity contribution in [2.45, 2.75) is 0 Å². The average molecular weight is 383 g/mol. The van der Waals surface area contributed by atoms with E-state index in [2.05, 4.69) is 21.2 Å². The fourth-order valence-corrected chi connectivity index (χ4v) is 3.28. The molecule has 4 rings (SSSR count). The van der Waals surface area contributed by atoms with E-state index in [1.165, 1.54) is 23.7 Å². The Kier molecular flexibility index (Phi) is 4.91. The number of benzene rings is 3. The Labute approximate surface area is 165 Å². The summed E-state index contributed by atoms with van der Waals surface area (Å²) < 4.78 is 4.29. The van der Waals surface area contributed by atoms with E-state index in [0.717, 1.165) is 16.7 Å². The van der Waals surface area contributed by atoms with Crippen LogP contribution >= 0.6 is 11.5 Å². The number of aromatic nitrogens is 1. The van der Waals surface area contributed by atoms with Gasteiger partial charge in [0.25, 0.3) is 5.69 Å². The lowest BCUT2D eigenvalue weighted by atomic mass is 10.1. The summed E-state index contributed by atoms with van der Waals surface area (Å²) in [4.78, 5) is 15.0. The summed E-state index contributed by atoms with van der Waals surface area (Å²) in [7, 11) is 0. The molecular weight excluding hydrogens is 370 g/mol. The maximum absolute atomic E-state index is 11.0. The van der Waals surface area contributed by atoms with E-state index >= 15 is 0 Å². The Morgan fingerprint density at radius 3 is 2.39 bits per heavy atom. The maximum atomic E-state index is 11.0. The summed E-state index contributed by atoms with van der Waals surface area (Å²) in [6, 6.07) is 22.2. The van der Waals surface area contributed by atoms with Crippen LogP contribution in [0.1, 0.15) is 16.7 Å². The van der Waals surface area contributed by atoms with Gasteiger partial charge in [-0.25, -0.2) is 4.99 Å². The summed E-state index contributed by atoms with van der Waals surface area (Å²) in [5, 5.41) is 12.3. The molecule has 134 valence electrons. The van der Waals surface area contributed by atoms with Gasteiger partial charge in [0.15, 0.2) is 0 Å². The van der Waals surface area contributed by atoms with Crippen molar-refractivity contribution in [3.05, 3.63) is 99.6 Å². The van der Waals surface area contributed by atoms with Gasteiger partial charge in [-0.15, -0.1) is 0 Å². The van der Waals surface area contributed by atoms with Crippen molar-refractivity contribution in [3.63, 3.8) is 0 Å². The standard InChI is InChI=1S/C22H13N3O2S/c26-25(27)19-12-13-21-20(14-19)22(28-24-21)23-15-18-10-8-17(9-11-18)7-6-16-4-2-1-3-5-16/h1-5,8-15H. The van der Waals surface area contributed by atoms with Gasteiger partial charge < -0.3 is 0 Å². The molecule has 0 aliphatic carbocycles. The molecule has 0 unspecified atom stereocenters. The predicted octanol–water partition coefficient (Wildman–Crippen LogP) is 5.35. The van der Waals surface area contributed by atoms with Gasteiger partial charge in [-0.2, -0.15) is 4.37 Å². The molecule has 0 aliphatic rings. The summed E-state index contributed by atoms with van der Waals surface area (Å²) in [5.74, 6) is 6.26. The number of non-ortho nitro benzene ring substituents is 1. The second-order valence-electron chi connectivity index (χ2n) is 5.94. The molecule has 0 radical (unpaired) electrons. The smallest absolute Gasteiger partial charge is 0.258 e. The van der Waals surface area contributed by atoms with E-state index in [1.807, 2.05) is 54.6 Å². The highest BCUT2D eigenvalue weighted by Crippen LogP contribution is 2.32. The average Bonchev–Trinajstić information content (AvgIpc) is 3.14. The first-order valence-corrected chi connectivity index (χ1v) is 9.21. The maximum Gasteiger partial charge on any atom is 0.270 e. The van der Waals surface area contributed by atoms with Crippen molar-refractivity contribution in [1.29, 1.82) is 0 Å². The predicted molar refractivity (Wildman–Crippen MR) is 112 cm³/mol. The number of hydrogen-bond donors (Lipinski definition) is 0. The van der Waals surface area contributed by atoms with Crippen LogP contribution in [0.15, 0.2) is 77.8 Å². The van der Waals surface area contributed by atoms with Crippen molar-refractivity contribution in [3.8, 4) is 11.8 Å². The van der Waals surface area contributed by atoms with Crippen molar-refractivity contribution in [1.82, 2.24) is 4.37 Å². The van der Waals surface area contributed by atoms with Gasteiger partial charge in [0.2, 0.25) is 0 Å². The Hall–Kier alpha value is -3.82. The number of nitrogens with zero attached hydrogens (tertiary/aromatic N) is 3. The van der Waals surface area contributed by atoms with E-state index in [4.69, 9.17) is 0 Å². The highest BCUT2D eigenvalue weighted by molar-refractivity contribution is 7.11. The lowest BCUT2D eigenvalue weighted by Gasteiger charge is -1.95. The van der Waals surface area contributed by atoms with Crippen molar-refractivity contribution >= 4 is 39.3 Å². The Morgan fingerprint density at radius 1 is 0.964 bits per heavy atom. The van der Waals surface area contributed by atoms with Crippen LogP contribution in [0.5, 0.6) is 0 Å². The van der Waals surface area contributed by atoms with Gasteiger partial charge in [0, 0.05) is 34.9 Å². The number of fused-ring (bicyclic) bond motifs is 1. The molecule has 0 atom stereocenters. The molecule has 4 aromatic rings. The second kappa shape index (κ2) is 7.82. The lowest BCUT2D eigenvalue weighted by molar-refractivity contribution is -0.384.